The Morgan fingerprint density at radius 3 is 2.40 bits per heavy atom. The molecule has 0 bridgehead atoms. The number of anilines is 1. The van der Waals surface area contributed by atoms with Crippen LogP contribution in [0, 0.1) is 0 Å². The van der Waals surface area contributed by atoms with E-state index in [1.165, 1.54) is 6.21 Å². The zero-order valence-corrected chi connectivity index (χ0v) is 17.4. The third-order valence-electron chi connectivity index (χ3n) is 4.10. The van der Waals surface area contributed by atoms with Crippen LogP contribution in [0.2, 0.25) is 10.0 Å². The fraction of sp³-hybridized carbons (Fsp3) is 0.0455. The molecule has 0 aromatic heterocycles. The van der Waals surface area contributed by atoms with E-state index in [4.69, 9.17) is 27.9 Å². The van der Waals surface area contributed by atoms with Crippen LogP contribution in [-0.2, 0) is 0 Å². The van der Waals surface area contributed by atoms with Gasteiger partial charge in [0.05, 0.1) is 29.6 Å². The number of benzene rings is 3. The predicted octanol–water partition coefficient (Wildman–Crippen LogP) is 5.02. The van der Waals surface area contributed by atoms with Crippen LogP contribution < -0.4 is 15.5 Å². The molecule has 0 unspecified atom stereocenters. The van der Waals surface area contributed by atoms with Gasteiger partial charge in [-0.2, -0.15) is 5.10 Å². The number of hydrazone groups is 1. The Morgan fingerprint density at radius 1 is 0.967 bits per heavy atom. The van der Waals surface area contributed by atoms with Crippen molar-refractivity contribution >= 4 is 46.9 Å². The molecule has 0 aliphatic rings. The Kier molecular flexibility index (Phi) is 7.06. The first-order valence-electron chi connectivity index (χ1n) is 8.81. The smallest absolute Gasteiger partial charge is 0.273 e. The number of nitrogens with zero attached hydrogens (tertiary/aromatic N) is 1. The third kappa shape index (κ3) is 5.37. The summed E-state index contributed by atoms with van der Waals surface area (Å²) in [6, 6.07) is 18.2. The highest BCUT2D eigenvalue weighted by atomic mass is 35.5. The second kappa shape index (κ2) is 9.91. The molecule has 0 saturated carbocycles. The van der Waals surface area contributed by atoms with Crippen molar-refractivity contribution in [2.24, 2.45) is 5.10 Å². The summed E-state index contributed by atoms with van der Waals surface area (Å²) in [5, 5.41) is 7.58. The number of rotatable bonds is 6. The maximum absolute atomic E-state index is 12.5. The monoisotopic (exact) mass is 441 g/mol. The zero-order chi connectivity index (χ0) is 21.5. The lowest BCUT2D eigenvalue weighted by molar-refractivity contribution is 0.0956. The molecule has 8 heteroatoms. The highest BCUT2D eigenvalue weighted by molar-refractivity contribution is 6.36. The minimum atomic E-state index is -0.484. The minimum Gasteiger partial charge on any atom is -0.497 e. The van der Waals surface area contributed by atoms with Crippen molar-refractivity contribution in [2.75, 3.05) is 12.4 Å². The maximum atomic E-state index is 12.5. The van der Waals surface area contributed by atoms with Gasteiger partial charge in [-0.25, -0.2) is 5.43 Å². The number of carbonyl (C=O) groups is 2. The van der Waals surface area contributed by atoms with E-state index in [9.17, 15) is 9.59 Å². The SMILES string of the molecule is COc1ccc(C(=O)Nc2ccccc2C(=O)NN=Cc2ccc(Cl)cc2Cl)cc1. The van der Waals surface area contributed by atoms with E-state index in [0.717, 1.165) is 0 Å². The number of hydrogen-bond donors (Lipinski definition) is 2. The molecule has 0 spiro atoms. The molecule has 30 heavy (non-hydrogen) atoms. The minimum absolute atomic E-state index is 0.263. The van der Waals surface area contributed by atoms with Crippen molar-refractivity contribution in [1.29, 1.82) is 0 Å². The molecule has 6 nitrogen and oxygen atoms in total. The number of hydrogen-bond acceptors (Lipinski definition) is 4. The summed E-state index contributed by atoms with van der Waals surface area (Å²) in [6.07, 6.45) is 1.41. The van der Waals surface area contributed by atoms with Gasteiger partial charge in [-0.1, -0.05) is 41.4 Å². The highest BCUT2D eigenvalue weighted by Gasteiger charge is 2.14. The van der Waals surface area contributed by atoms with Gasteiger partial charge in [0.2, 0.25) is 0 Å². The zero-order valence-electron chi connectivity index (χ0n) is 15.9. The Labute approximate surface area is 183 Å². The standard InChI is InChI=1S/C22H17Cl2N3O3/c1-30-17-10-7-14(8-11-17)21(28)26-20-5-3-2-4-18(20)22(29)27-25-13-15-6-9-16(23)12-19(15)24/h2-13H,1H3,(H,26,28)(H,27,29). The maximum Gasteiger partial charge on any atom is 0.273 e. The Morgan fingerprint density at radius 2 is 1.70 bits per heavy atom. The van der Waals surface area contributed by atoms with E-state index < -0.39 is 5.91 Å². The van der Waals surface area contributed by atoms with Crippen LogP contribution in [0.4, 0.5) is 5.69 Å². The molecular weight excluding hydrogens is 425 g/mol. The van der Waals surface area contributed by atoms with Crippen LogP contribution in [0.3, 0.4) is 0 Å². The quantitative estimate of drug-likeness (QED) is 0.416. The van der Waals surface area contributed by atoms with Gasteiger partial charge >= 0.3 is 0 Å². The first kappa shape index (κ1) is 21.4. The molecule has 0 saturated heterocycles. The Hall–Kier alpha value is -3.35. The molecule has 152 valence electrons. The second-order valence-electron chi connectivity index (χ2n) is 6.09. The first-order valence-corrected chi connectivity index (χ1v) is 9.56. The second-order valence-corrected chi connectivity index (χ2v) is 6.94. The van der Waals surface area contributed by atoms with E-state index in [0.29, 0.717) is 32.6 Å². The number of halogens is 2. The van der Waals surface area contributed by atoms with Gasteiger partial charge in [0.15, 0.2) is 0 Å². The molecule has 0 aliphatic heterocycles. The van der Waals surface area contributed by atoms with Gasteiger partial charge in [0.25, 0.3) is 11.8 Å². The van der Waals surface area contributed by atoms with Gasteiger partial charge in [-0.05, 0) is 48.5 Å². The van der Waals surface area contributed by atoms with Gasteiger partial charge in [0.1, 0.15) is 5.75 Å². The molecule has 0 atom stereocenters. The molecule has 0 radical (unpaired) electrons. The lowest BCUT2D eigenvalue weighted by atomic mass is 10.1. The number of amides is 2. The molecule has 3 rings (SSSR count). The van der Waals surface area contributed by atoms with Crippen molar-refractivity contribution in [2.45, 2.75) is 0 Å². The highest BCUT2D eigenvalue weighted by Crippen LogP contribution is 2.20. The summed E-state index contributed by atoms with van der Waals surface area (Å²) in [7, 11) is 1.55. The summed E-state index contributed by atoms with van der Waals surface area (Å²) in [4.78, 5) is 25.1. The lowest BCUT2D eigenvalue weighted by Crippen LogP contribution is -2.21. The average Bonchev–Trinajstić information content (AvgIpc) is 2.75. The van der Waals surface area contributed by atoms with Gasteiger partial charge in [0, 0.05) is 16.1 Å². The topological polar surface area (TPSA) is 79.8 Å². The predicted molar refractivity (Wildman–Crippen MR) is 119 cm³/mol. The lowest BCUT2D eigenvalue weighted by Gasteiger charge is -2.10. The van der Waals surface area contributed by atoms with E-state index in [1.807, 2.05) is 0 Å². The molecule has 0 fully saturated rings. The van der Waals surface area contributed by atoms with Crippen molar-refractivity contribution in [1.82, 2.24) is 5.43 Å². The number of para-hydroxylation sites is 1. The molecule has 2 N–H and O–H groups in total. The third-order valence-corrected chi connectivity index (χ3v) is 4.67. The van der Waals surface area contributed by atoms with E-state index in [2.05, 4.69) is 15.8 Å². The normalized spacial score (nSPS) is 10.6. The summed E-state index contributed by atoms with van der Waals surface area (Å²) in [5.41, 5.74) is 4.08. The van der Waals surface area contributed by atoms with Crippen LogP contribution in [-0.4, -0.2) is 25.1 Å². The van der Waals surface area contributed by atoms with Crippen molar-refractivity contribution in [3.05, 3.63) is 93.5 Å². The number of carbonyl (C=O) groups excluding carboxylic acids is 2. The summed E-state index contributed by atoms with van der Waals surface area (Å²) >= 11 is 11.9. The van der Waals surface area contributed by atoms with Crippen LogP contribution in [0.25, 0.3) is 0 Å². The summed E-state index contributed by atoms with van der Waals surface area (Å²) in [6.45, 7) is 0. The molecule has 2 amide bonds. The van der Waals surface area contributed by atoms with Crippen molar-refractivity contribution < 1.29 is 14.3 Å². The Bertz CT molecular complexity index is 1100. The van der Waals surface area contributed by atoms with Crippen LogP contribution in [0.5, 0.6) is 5.75 Å². The molecular formula is C22H17Cl2N3O3. The number of methoxy groups -OCH3 is 1. The van der Waals surface area contributed by atoms with E-state index in [-0.39, 0.29) is 11.5 Å². The Balaban J connectivity index is 1.71. The van der Waals surface area contributed by atoms with Gasteiger partial charge in [-0.3, -0.25) is 9.59 Å². The van der Waals surface area contributed by atoms with Crippen LogP contribution in [0.1, 0.15) is 26.3 Å². The van der Waals surface area contributed by atoms with Gasteiger partial charge < -0.3 is 10.1 Å². The first-order chi connectivity index (χ1) is 14.5. The largest absolute Gasteiger partial charge is 0.497 e. The summed E-state index contributed by atoms with van der Waals surface area (Å²) in [5.74, 6) is -0.193. The molecule has 3 aromatic carbocycles. The van der Waals surface area contributed by atoms with E-state index in [1.54, 1.807) is 73.8 Å². The van der Waals surface area contributed by atoms with Gasteiger partial charge in [-0.15, -0.1) is 0 Å². The number of nitrogens with one attached hydrogen (secondary N) is 2. The molecule has 0 heterocycles. The van der Waals surface area contributed by atoms with Crippen LogP contribution >= 0.6 is 23.2 Å². The van der Waals surface area contributed by atoms with Crippen LogP contribution in [0.15, 0.2) is 71.8 Å². The number of ether oxygens (including phenoxy) is 1. The molecule has 0 aliphatic carbocycles. The fourth-order valence-electron chi connectivity index (χ4n) is 2.55. The average molecular weight is 442 g/mol. The van der Waals surface area contributed by atoms with E-state index >= 15 is 0 Å². The summed E-state index contributed by atoms with van der Waals surface area (Å²) < 4.78 is 5.09. The van der Waals surface area contributed by atoms with Crippen molar-refractivity contribution in [3.8, 4) is 5.75 Å². The fourth-order valence-corrected chi connectivity index (χ4v) is 3.01. The molecule has 3 aromatic rings. The van der Waals surface area contributed by atoms with Crippen molar-refractivity contribution in [3.63, 3.8) is 0 Å².